The minimum absolute atomic E-state index is 0.0363. The molecule has 0 unspecified atom stereocenters. The van der Waals surface area contributed by atoms with Crippen molar-refractivity contribution in [1.82, 2.24) is 0 Å². The van der Waals surface area contributed by atoms with E-state index < -0.39 is 0 Å². The molecule has 0 fully saturated rings. The Morgan fingerprint density at radius 3 is 1.79 bits per heavy atom. The quantitative estimate of drug-likeness (QED) is 0.639. The molecule has 3 nitrogen and oxygen atoms in total. The largest absolute Gasteiger partial charge is 0.497 e. The van der Waals surface area contributed by atoms with Crippen LogP contribution in [0.15, 0.2) is 78.9 Å². The highest BCUT2D eigenvalue weighted by molar-refractivity contribution is 6.09. The maximum Gasteiger partial charge on any atom is 0.193 e. The van der Waals surface area contributed by atoms with Crippen LogP contribution in [0.5, 0.6) is 5.75 Å². The van der Waals surface area contributed by atoms with Gasteiger partial charge < -0.3 is 9.64 Å². The second-order valence-electron chi connectivity index (χ2n) is 5.50. The average Bonchev–Trinajstić information content (AvgIpc) is 2.68. The van der Waals surface area contributed by atoms with Crippen LogP contribution in [-0.4, -0.2) is 19.9 Å². The fourth-order valence-corrected chi connectivity index (χ4v) is 2.55. The van der Waals surface area contributed by atoms with E-state index in [9.17, 15) is 4.79 Å². The Kier molecular flexibility index (Phi) is 4.62. The molecule has 3 heteroatoms. The summed E-state index contributed by atoms with van der Waals surface area (Å²) in [6.45, 7) is 0. The molecule has 0 N–H and O–H groups in total. The standard InChI is InChI=1S/C21H19NO2/c1-22(19-12-14-20(24-2)15-13-19)18-10-8-17(9-11-18)21(23)16-6-4-3-5-7-16/h3-15H,1-2H3. The van der Waals surface area contributed by atoms with Gasteiger partial charge in [-0.25, -0.2) is 0 Å². The first-order valence-electron chi connectivity index (χ1n) is 7.76. The molecule has 0 bridgehead atoms. The van der Waals surface area contributed by atoms with Crippen molar-refractivity contribution in [2.24, 2.45) is 0 Å². The molecule has 0 saturated heterocycles. The molecular weight excluding hydrogens is 298 g/mol. The first-order chi connectivity index (χ1) is 11.7. The molecule has 0 saturated carbocycles. The van der Waals surface area contributed by atoms with E-state index in [0.717, 1.165) is 17.1 Å². The molecule has 0 heterocycles. The number of rotatable bonds is 5. The summed E-state index contributed by atoms with van der Waals surface area (Å²) in [5.41, 5.74) is 3.46. The van der Waals surface area contributed by atoms with Crippen LogP contribution in [0.25, 0.3) is 0 Å². The van der Waals surface area contributed by atoms with Crippen LogP contribution in [0.2, 0.25) is 0 Å². The fourth-order valence-electron chi connectivity index (χ4n) is 2.55. The molecule has 3 aromatic rings. The average molecular weight is 317 g/mol. The predicted octanol–water partition coefficient (Wildman–Crippen LogP) is 4.69. The number of ether oxygens (including phenoxy) is 1. The van der Waals surface area contributed by atoms with E-state index in [1.807, 2.05) is 85.9 Å². The van der Waals surface area contributed by atoms with Crippen LogP contribution in [0, 0.1) is 0 Å². The lowest BCUT2D eigenvalue weighted by atomic mass is 10.0. The molecule has 3 aromatic carbocycles. The molecule has 120 valence electrons. The van der Waals surface area contributed by atoms with Crippen molar-refractivity contribution in [3.05, 3.63) is 90.0 Å². The lowest BCUT2D eigenvalue weighted by molar-refractivity contribution is 0.103. The smallest absolute Gasteiger partial charge is 0.193 e. The van der Waals surface area contributed by atoms with Crippen molar-refractivity contribution in [3.63, 3.8) is 0 Å². The SMILES string of the molecule is COc1ccc(N(C)c2ccc(C(=O)c3ccccc3)cc2)cc1. The van der Waals surface area contributed by atoms with Crippen LogP contribution in [0.4, 0.5) is 11.4 Å². The van der Waals surface area contributed by atoms with Crippen LogP contribution in [-0.2, 0) is 0 Å². The highest BCUT2D eigenvalue weighted by atomic mass is 16.5. The molecule has 0 aromatic heterocycles. The Bertz CT molecular complexity index is 809. The lowest BCUT2D eigenvalue weighted by Crippen LogP contribution is -2.09. The Balaban J connectivity index is 1.79. The third kappa shape index (κ3) is 3.30. The van der Waals surface area contributed by atoms with E-state index in [2.05, 4.69) is 4.90 Å². The van der Waals surface area contributed by atoms with Crippen molar-refractivity contribution in [1.29, 1.82) is 0 Å². The number of hydrogen-bond acceptors (Lipinski definition) is 3. The van der Waals surface area contributed by atoms with Gasteiger partial charge in [-0.15, -0.1) is 0 Å². The highest BCUT2D eigenvalue weighted by Crippen LogP contribution is 2.26. The van der Waals surface area contributed by atoms with E-state index >= 15 is 0 Å². The van der Waals surface area contributed by atoms with Gasteiger partial charge in [-0.1, -0.05) is 30.3 Å². The van der Waals surface area contributed by atoms with Gasteiger partial charge in [-0.3, -0.25) is 4.79 Å². The number of nitrogens with zero attached hydrogens (tertiary/aromatic N) is 1. The van der Waals surface area contributed by atoms with E-state index in [0.29, 0.717) is 11.1 Å². The fraction of sp³-hybridized carbons (Fsp3) is 0.0952. The normalized spacial score (nSPS) is 10.2. The van der Waals surface area contributed by atoms with Crippen molar-refractivity contribution in [2.45, 2.75) is 0 Å². The molecule has 3 rings (SSSR count). The van der Waals surface area contributed by atoms with Gasteiger partial charge in [-0.05, 0) is 48.5 Å². The maximum absolute atomic E-state index is 12.4. The van der Waals surface area contributed by atoms with Crippen LogP contribution in [0.1, 0.15) is 15.9 Å². The number of anilines is 2. The zero-order chi connectivity index (χ0) is 16.9. The lowest BCUT2D eigenvalue weighted by Gasteiger charge is -2.20. The van der Waals surface area contributed by atoms with Gasteiger partial charge in [0.15, 0.2) is 5.78 Å². The summed E-state index contributed by atoms with van der Waals surface area (Å²) in [5.74, 6) is 0.866. The van der Waals surface area contributed by atoms with Crippen molar-refractivity contribution >= 4 is 17.2 Å². The van der Waals surface area contributed by atoms with Gasteiger partial charge in [0.2, 0.25) is 0 Å². The number of benzene rings is 3. The van der Waals surface area contributed by atoms with Gasteiger partial charge in [0.25, 0.3) is 0 Å². The Morgan fingerprint density at radius 1 is 0.750 bits per heavy atom. The maximum atomic E-state index is 12.4. The highest BCUT2D eigenvalue weighted by Gasteiger charge is 2.10. The Morgan fingerprint density at radius 2 is 1.25 bits per heavy atom. The van der Waals surface area contributed by atoms with E-state index in [4.69, 9.17) is 4.74 Å². The van der Waals surface area contributed by atoms with E-state index in [1.165, 1.54) is 0 Å². The number of carbonyl (C=O) groups excluding carboxylic acids is 1. The summed E-state index contributed by atoms with van der Waals surface area (Å²) in [7, 11) is 3.65. The van der Waals surface area contributed by atoms with Crippen LogP contribution in [0.3, 0.4) is 0 Å². The summed E-state index contributed by atoms with van der Waals surface area (Å²) in [6, 6.07) is 24.8. The van der Waals surface area contributed by atoms with E-state index in [-0.39, 0.29) is 5.78 Å². The van der Waals surface area contributed by atoms with Crippen LogP contribution < -0.4 is 9.64 Å². The molecule has 0 radical (unpaired) electrons. The number of ketones is 1. The Labute approximate surface area is 142 Å². The van der Waals surface area contributed by atoms with Crippen LogP contribution >= 0.6 is 0 Å². The van der Waals surface area contributed by atoms with E-state index in [1.54, 1.807) is 7.11 Å². The van der Waals surface area contributed by atoms with Gasteiger partial charge in [0.05, 0.1) is 7.11 Å². The third-order valence-corrected chi connectivity index (χ3v) is 4.01. The molecule has 0 atom stereocenters. The second kappa shape index (κ2) is 7.01. The van der Waals surface area contributed by atoms with Gasteiger partial charge >= 0.3 is 0 Å². The monoisotopic (exact) mass is 317 g/mol. The zero-order valence-corrected chi connectivity index (χ0v) is 13.8. The molecule has 0 spiro atoms. The molecule has 0 aliphatic rings. The van der Waals surface area contributed by atoms with Crippen molar-refractivity contribution < 1.29 is 9.53 Å². The number of hydrogen-bond donors (Lipinski definition) is 0. The zero-order valence-electron chi connectivity index (χ0n) is 13.8. The van der Waals surface area contributed by atoms with Crippen molar-refractivity contribution in [2.75, 3.05) is 19.1 Å². The van der Waals surface area contributed by atoms with Gasteiger partial charge in [0.1, 0.15) is 5.75 Å². The summed E-state index contributed by atoms with van der Waals surface area (Å²) < 4.78 is 5.18. The minimum atomic E-state index is 0.0363. The molecule has 24 heavy (non-hydrogen) atoms. The second-order valence-corrected chi connectivity index (χ2v) is 5.50. The van der Waals surface area contributed by atoms with Crippen molar-refractivity contribution in [3.8, 4) is 5.75 Å². The summed E-state index contributed by atoms with van der Waals surface area (Å²) in [5, 5.41) is 0. The first-order valence-corrected chi connectivity index (χ1v) is 7.76. The Hall–Kier alpha value is -3.07. The molecular formula is C21H19NO2. The third-order valence-electron chi connectivity index (χ3n) is 4.01. The summed E-state index contributed by atoms with van der Waals surface area (Å²) in [6.07, 6.45) is 0. The summed E-state index contributed by atoms with van der Waals surface area (Å²) >= 11 is 0. The van der Waals surface area contributed by atoms with Gasteiger partial charge in [-0.2, -0.15) is 0 Å². The number of methoxy groups -OCH3 is 1. The predicted molar refractivity (Wildman–Crippen MR) is 97.4 cm³/mol. The molecule has 0 aliphatic heterocycles. The topological polar surface area (TPSA) is 29.5 Å². The summed E-state index contributed by atoms with van der Waals surface area (Å²) in [4.78, 5) is 14.5. The van der Waals surface area contributed by atoms with Gasteiger partial charge in [0, 0.05) is 29.5 Å². The molecule has 0 amide bonds. The number of carbonyl (C=O) groups is 1. The molecule has 0 aliphatic carbocycles. The first kappa shape index (κ1) is 15.8. The minimum Gasteiger partial charge on any atom is -0.497 e.